The number of sulfonamides is 1. The van der Waals surface area contributed by atoms with Gasteiger partial charge < -0.3 is 10.1 Å². The van der Waals surface area contributed by atoms with Crippen molar-refractivity contribution in [3.63, 3.8) is 0 Å². The van der Waals surface area contributed by atoms with E-state index in [2.05, 4.69) is 5.32 Å². The summed E-state index contributed by atoms with van der Waals surface area (Å²) in [5.41, 5.74) is 0.996. The average molecular weight is 421 g/mol. The Morgan fingerprint density at radius 3 is 2.66 bits per heavy atom. The number of ether oxygens (including phenoxy) is 1. The van der Waals surface area contributed by atoms with E-state index in [1.54, 1.807) is 19.1 Å². The van der Waals surface area contributed by atoms with Crippen LogP contribution in [0.3, 0.4) is 0 Å². The van der Waals surface area contributed by atoms with E-state index in [1.165, 1.54) is 10.4 Å². The van der Waals surface area contributed by atoms with Gasteiger partial charge in [-0.1, -0.05) is 24.6 Å². The smallest absolute Gasteiger partial charge is 0.306 e. The van der Waals surface area contributed by atoms with Gasteiger partial charge in [-0.3, -0.25) is 9.59 Å². The summed E-state index contributed by atoms with van der Waals surface area (Å²) >= 11 is 0. The number of nitrogens with zero attached hydrogens (tertiary/aromatic N) is 1. The molecule has 8 heteroatoms. The number of anilines is 1. The zero-order chi connectivity index (χ0) is 20.9. The van der Waals surface area contributed by atoms with Gasteiger partial charge in [-0.2, -0.15) is 4.31 Å². The van der Waals surface area contributed by atoms with Gasteiger partial charge in [0, 0.05) is 18.8 Å². The summed E-state index contributed by atoms with van der Waals surface area (Å²) in [7, 11) is -3.60. The number of piperidine rings is 1. The van der Waals surface area contributed by atoms with Crippen molar-refractivity contribution in [2.75, 3.05) is 25.0 Å². The summed E-state index contributed by atoms with van der Waals surface area (Å²) in [5.74, 6) is -0.718. The van der Waals surface area contributed by atoms with Crippen LogP contribution in [-0.2, 0) is 24.3 Å². The van der Waals surface area contributed by atoms with Gasteiger partial charge in [0.25, 0.3) is 5.91 Å². The predicted octanol–water partition coefficient (Wildman–Crippen LogP) is 3.01. The van der Waals surface area contributed by atoms with Crippen molar-refractivity contribution in [3.8, 4) is 0 Å². The van der Waals surface area contributed by atoms with Crippen LogP contribution in [0.1, 0.15) is 44.1 Å². The first-order chi connectivity index (χ1) is 13.9. The van der Waals surface area contributed by atoms with Crippen molar-refractivity contribution in [1.82, 2.24) is 4.31 Å². The van der Waals surface area contributed by atoms with Crippen molar-refractivity contribution in [2.24, 2.45) is 5.92 Å². The normalized spacial score (nSPS) is 19.8. The Hall–Kier alpha value is -2.19. The Labute approximate surface area is 172 Å². The standard InChI is InChI=1S/C21H28N2O5S/c1-16-9-10-18(14-19(16)29(26,27)23-11-5-2-6-12-23)22-20(24)15-28-21(25)13-17-7-3-4-8-17/h3,7,9-10,14,17H,2,4-6,8,11-13,15H2,1H3,(H,22,24)/t17-/m0/s1. The molecule has 0 radical (unpaired) electrons. The highest BCUT2D eigenvalue weighted by atomic mass is 32.2. The van der Waals surface area contributed by atoms with Gasteiger partial charge in [0.2, 0.25) is 10.0 Å². The number of allylic oxidation sites excluding steroid dienone is 2. The number of rotatable bonds is 7. The fourth-order valence-electron chi connectivity index (χ4n) is 3.68. The highest BCUT2D eigenvalue weighted by molar-refractivity contribution is 7.89. The highest BCUT2D eigenvalue weighted by Crippen LogP contribution is 2.26. The quantitative estimate of drug-likeness (QED) is 0.541. The van der Waals surface area contributed by atoms with Crippen molar-refractivity contribution >= 4 is 27.6 Å². The summed E-state index contributed by atoms with van der Waals surface area (Å²) in [4.78, 5) is 24.2. The van der Waals surface area contributed by atoms with Crippen LogP contribution in [0.15, 0.2) is 35.2 Å². The largest absolute Gasteiger partial charge is 0.456 e. The van der Waals surface area contributed by atoms with Crippen LogP contribution in [0, 0.1) is 12.8 Å². The lowest BCUT2D eigenvalue weighted by Gasteiger charge is -2.26. The molecule has 3 rings (SSSR count). The molecule has 1 aliphatic carbocycles. The van der Waals surface area contributed by atoms with E-state index in [0.717, 1.165) is 32.1 Å². The molecule has 1 amide bonds. The van der Waals surface area contributed by atoms with Gasteiger partial charge in [-0.25, -0.2) is 8.42 Å². The number of carbonyl (C=O) groups excluding carboxylic acids is 2. The molecule has 0 bridgehead atoms. The zero-order valence-electron chi connectivity index (χ0n) is 16.7. The maximum Gasteiger partial charge on any atom is 0.306 e. The Kier molecular flexibility index (Phi) is 7.08. The van der Waals surface area contributed by atoms with E-state index in [-0.39, 0.29) is 17.2 Å². The molecule has 1 atom stereocenters. The first-order valence-electron chi connectivity index (χ1n) is 10.1. The lowest BCUT2D eigenvalue weighted by Crippen LogP contribution is -2.36. The first-order valence-corrected chi connectivity index (χ1v) is 11.5. The van der Waals surface area contributed by atoms with Gasteiger partial charge >= 0.3 is 5.97 Å². The molecule has 1 aromatic rings. The second-order valence-electron chi connectivity index (χ2n) is 7.62. The summed E-state index contributed by atoms with van der Waals surface area (Å²) in [6.07, 6.45) is 8.96. The number of hydrogen-bond donors (Lipinski definition) is 1. The maximum absolute atomic E-state index is 13.0. The molecule has 29 heavy (non-hydrogen) atoms. The number of esters is 1. The number of benzene rings is 1. The zero-order valence-corrected chi connectivity index (χ0v) is 17.5. The van der Waals surface area contributed by atoms with E-state index in [9.17, 15) is 18.0 Å². The monoisotopic (exact) mass is 420 g/mol. The van der Waals surface area contributed by atoms with E-state index in [4.69, 9.17) is 4.74 Å². The molecule has 1 aliphatic heterocycles. The third-order valence-electron chi connectivity index (χ3n) is 5.31. The summed E-state index contributed by atoms with van der Waals surface area (Å²) < 4.78 is 32.5. The number of nitrogens with one attached hydrogen (secondary N) is 1. The van der Waals surface area contributed by atoms with Gasteiger partial charge in [-0.15, -0.1) is 0 Å². The maximum atomic E-state index is 13.0. The Bertz CT molecular complexity index is 888. The molecule has 1 saturated heterocycles. The number of amides is 1. The van der Waals surface area contributed by atoms with E-state index in [1.807, 2.05) is 12.2 Å². The molecule has 1 aromatic carbocycles. The minimum absolute atomic E-state index is 0.185. The predicted molar refractivity (Wildman–Crippen MR) is 110 cm³/mol. The van der Waals surface area contributed by atoms with Crippen molar-refractivity contribution in [1.29, 1.82) is 0 Å². The molecule has 7 nitrogen and oxygen atoms in total. The Morgan fingerprint density at radius 1 is 1.21 bits per heavy atom. The fraction of sp³-hybridized carbons (Fsp3) is 0.524. The number of aryl methyl sites for hydroxylation is 1. The topological polar surface area (TPSA) is 92.8 Å². The van der Waals surface area contributed by atoms with Crippen LogP contribution in [0.25, 0.3) is 0 Å². The molecular formula is C21H28N2O5S. The molecule has 1 heterocycles. The molecule has 0 aromatic heterocycles. The summed E-state index contributed by atoms with van der Waals surface area (Å²) in [6, 6.07) is 4.79. The molecule has 0 unspecified atom stereocenters. The van der Waals surface area contributed by atoms with Crippen molar-refractivity contribution in [2.45, 2.75) is 50.3 Å². The molecule has 1 N–H and O–H groups in total. The van der Waals surface area contributed by atoms with E-state index < -0.39 is 28.5 Å². The van der Waals surface area contributed by atoms with Crippen LogP contribution in [0.4, 0.5) is 5.69 Å². The van der Waals surface area contributed by atoms with Crippen LogP contribution in [0.2, 0.25) is 0 Å². The summed E-state index contributed by atoms with van der Waals surface area (Å²) in [5, 5.41) is 2.62. The highest BCUT2D eigenvalue weighted by Gasteiger charge is 2.27. The van der Waals surface area contributed by atoms with E-state index >= 15 is 0 Å². The van der Waals surface area contributed by atoms with E-state index in [0.29, 0.717) is 24.3 Å². The molecule has 158 valence electrons. The lowest BCUT2D eigenvalue weighted by atomic mass is 10.1. The average Bonchev–Trinajstić information content (AvgIpc) is 3.21. The molecular weight excluding hydrogens is 392 g/mol. The molecule has 0 spiro atoms. The van der Waals surface area contributed by atoms with Crippen LogP contribution in [0.5, 0.6) is 0 Å². The SMILES string of the molecule is Cc1ccc(NC(=O)COC(=O)C[C@H]2C=CCC2)cc1S(=O)(=O)N1CCCCC1. The van der Waals surface area contributed by atoms with Gasteiger partial charge in [0.15, 0.2) is 6.61 Å². The van der Waals surface area contributed by atoms with Gasteiger partial charge in [0.1, 0.15) is 0 Å². The molecule has 1 fully saturated rings. The van der Waals surface area contributed by atoms with Crippen LogP contribution >= 0.6 is 0 Å². The van der Waals surface area contributed by atoms with Crippen molar-refractivity contribution in [3.05, 3.63) is 35.9 Å². The van der Waals surface area contributed by atoms with Gasteiger partial charge in [0.05, 0.1) is 11.3 Å². The third kappa shape index (κ3) is 5.67. The van der Waals surface area contributed by atoms with Crippen LogP contribution in [-0.4, -0.2) is 44.3 Å². The third-order valence-corrected chi connectivity index (χ3v) is 7.35. The minimum Gasteiger partial charge on any atom is -0.456 e. The fourth-order valence-corrected chi connectivity index (χ4v) is 5.45. The van der Waals surface area contributed by atoms with Gasteiger partial charge in [-0.05, 0) is 56.2 Å². The summed E-state index contributed by atoms with van der Waals surface area (Å²) in [6.45, 7) is 2.38. The number of carbonyl (C=O) groups is 2. The first kappa shape index (κ1) is 21.5. The Morgan fingerprint density at radius 2 is 1.97 bits per heavy atom. The lowest BCUT2D eigenvalue weighted by molar-refractivity contribution is -0.147. The Balaban J connectivity index is 1.59. The number of hydrogen-bond acceptors (Lipinski definition) is 5. The molecule has 0 saturated carbocycles. The second kappa shape index (κ2) is 9.54. The minimum atomic E-state index is -3.60. The van der Waals surface area contributed by atoms with Crippen molar-refractivity contribution < 1.29 is 22.7 Å². The second-order valence-corrected chi connectivity index (χ2v) is 9.53. The van der Waals surface area contributed by atoms with Crippen LogP contribution < -0.4 is 5.32 Å². The molecule has 2 aliphatic rings.